The Balaban J connectivity index is 1.10. The van der Waals surface area contributed by atoms with Crippen LogP contribution in [0.4, 0.5) is 0 Å². The van der Waals surface area contributed by atoms with Crippen molar-refractivity contribution >= 4 is 43.4 Å². The smallest absolute Gasteiger partial charge is 0.161 e. The third-order valence-corrected chi connectivity index (χ3v) is 12.3. The molecule has 0 saturated heterocycles. The SMILES string of the molecule is c1ccc(-c2cc(-c3ccc(C4(c5ccccc5)c5ccccc5-n5c6ccccc6c6cccc4c65)cc3)nc(-c3cc4ccccc4c4ccccc34)n2)cc1. The molecule has 11 aromatic rings. The lowest BCUT2D eigenvalue weighted by Crippen LogP contribution is -2.35. The van der Waals surface area contributed by atoms with E-state index in [0.29, 0.717) is 5.82 Å². The number of aromatic nitrogens is 3. The number of hydrogen-bond donors (Lipinski definition) is 0. The van der Waals surface area contributed by atoms with Crippen molar-refractivity contribution in [3.8, 4) is 39.6 Å². The van der Waals surface area contributed by atoms with Crippen LogP contribution in [0.1, 0.15) is 22.3 Å². The predicted octanol–water partition coefficient (Wildman–Crippen LogP) is 13.6. The summed E-state index contributed by atoms with van der Waals surface area (Å²) in [6, 6.07) is 76.8. The van der Waals surface area contributed by atoms with Gasteiger partial charge < -0.3 is 4.57 Å². The van der Waals surface area contributed by atoms with E-state index in [1.54, 1.807) is 0 Å². The maximum absolute atomic E-state index is 5.38. The van der Waals surface area contributed by atoms with E-state index in [2.05, 4.69) is 211 Å². The predicted molar refractivity (Wildman–Crippen MR) is 240 cm³/mol. The summed E-state index contributed by atoms with van der Waals surface area (Å²) in [5, 5.41) is 7.26. The molecule has 1 atom stereocenters. The highest BCUT2D eigenvalue weighted by molar-refractivity contribution is 6.14. The molecule has 1 unspecified atom stereocenters. The Bertz CT molecular complexity index is 3380. The Kier molecular flexibility index (Phi) is 7.14. The fourth-order valence-corrected chi connectivity index (χ4v) is 9.78. The van der Waals surface area contributed by atoms with Crippen LogP contribution in [-0.4, -0.2) is 14.5 Å². The lowest BCUT2D eigenvalue weighted by atomic mass is 9.63. The third-order valence-electron chi connectivity index (χ3n) is 12.3. The summed E-state index contributed by atoms with van der Waals surface area (Å²) in [7, 11) is 0. The molecule has 270 valence electrons. The molecule has 3 nitrogen and oxygen atoms in total. The molecule has 0 fully saturated rings. The van der Waals surface area contributed by atoms with Gasteiger partial charge in [0, 0.05) is 27.5 Å². The maximum atomic E-state index is 5.38. The number of nitrogens with zero attached hydrogens (tertiary/aromatic N) is 3. The van der Waals surface area contributed by atoms with Gasteiger partial charge >= 0.3 is 0 Å². The van der Waals surface area contributed by atoms with E-state index < -0.39 is 5.41 Å². The summed E-state index contributed by atoms with van der Waals surface area (Å²) in [6.45, 7) is 0. The van der Waals surface area contributed by atoms with Gasteiger partial charge in [-0.15, -0.1) is 0 Å². The summed E-state index contributed by atoms with van der Waals surface area (Å²) in [5.74, 6) is 0.712. The molecule has 0 aliphatic carbocycles. The molecule has 0 radical (unpaired) electrons. The van der Waals surface area contributed by atoms with Gasteiger partial charge in [-0.05, 0) is 68.1 Å². The van der Waals surface area contributed by atoms with Crippen molar-refractivity contribution in [1.29, 1.82) is 0 Å². The minimum Gasteiger partial charge on any atom is -0.309 e. The minimum atomic E-state index is -0.573. The summed E-state index contributed by atoms with van der Waals surface area (Å²) in [5.41, 5.74) is 13.0. The van der Waals surface area contributed by atoms with Crippen molar-refractivity contribution < 1.29 is 0 Å². The van der Waals surface area contributed by atoms with Crippen molar-refractivity contribution in [2.24, 2.45) is 0 Å². The normalized spacial score (nSPS) is 14.6. The molecule has 58 heavy (non-hydrogen) atoms. The Morgan fingerprint density at radius 1 is 0.379 bits per heavy atom. The van der Waals surface area contributed by atoms with E-state index in [-0.39, 0.29) is 0 Å². The Labute approximate surface area is 336 Å². The van der Waals surface area contributed by atoms with E-state index in [0.717, 1.165) is 33.5 Å². The second-order valence-electron chi connectivity index (χ2n) is 15.3. The van der Waals surface area contributed by atoms with Gasteiger partial charge in [0.15, 0.2) is 5.82 Å². The lowest BCUT2D eigenvalue weighted by molar-refractivity contribution is 0.728. The average Bonchev–Trinajstić information content (AvgIpc) is 3.65. The molecule has 1 aliphatic heterocycles. The van der Waals surface area contributed by atoms with E-state index >= 15 is 0 Å². The van der Waals surface area contributed by atoms with Crippen LogP contribution in [0.2, 0.25) is 0 Å². The fourth-order valence-electron chi connectivity index (χ4n) is 9.78. The molecule has 0 saturated carbocycles. The highest BCUT2D eigenvalue weighted by Crippen LogP contribution is 2.54. The number of para-hydroxylation sites is 3. The molecule has 0 bridgehead atoms. The zero-order valence-electron chi connectivity index (χ0n) is 31.5. The molecular weight excluding hydrogens is 703 g/mol. The summed E-state index contributed by atoms with van der Waals surface area (Å²) < 4.78 is 2.48. The monoisotopic (exact) mass is 737 g/mol. The van der Waals surface area contributed by atoms with Crippen molar-refractivity contribution in [1.82, 2.24) is 14.5 Å². The van der Waals surface area contributed by atoms with Crippen LogP contribution in [0, 0.1) is 0 Å². The molecule has 0 N–H and O–H groups in total. The number of benzene rings is 9. The zero-order chi connectivity index (χ0) is 38.2. The van der Waals surface area contributed by atoms with E-state index in [1.165, 1.54) is 65.9 Å². The Hall–Kier alpha value is -7.62. The van der Waals surface area contributed by atoms with Gasteiger partial charge in [-0.25, -0.2) is 9.97 Å². The topological polar surface area (TPSA) is 30.7 Å². The van der Waals surface area contributed by atoms with Gasteiger partial charge in [-0.3, -0.25) is 0 Å². The van der Waals surface area contributed by atoms with Crippen molar-refractivity contribution in [2.45, 2.75) is 5.41 Å². The molecule has 0 amide bonds. The molecule has 9 aromatic carbocycles. The van der Waals surface area contributed by atoms with E-state index in [1.807, 2.05) is 6.07 Å². The van der Waals surface area contributed by atoms with Crippen LogP contribution >= 0.6 is 0 Å². The summed E-state index contributed by atoms with van der Waals surface area (Å²) in [6.07, 6.45) is 0. The minimum absolute atomic E-state index is 0.573. The highest BCUT2D eigenvalue weighted by atomic mass is 15.0. The van der Waals surface area contributed by atoms with Gasteiger partial charge in [0.05, 0.1) is 33.5 Å². The van der Waals surface area contributed by atoms with Gasteiger partial charge in [0.2, 0.25) is 0 Å². The second kappa shape index (κ2) is 12.7. The average molecular weight is 738 g/mol. The zero-order valence-corrected chi connectivity index (χ0v) is 31.5. The van der Waals surface area contributed by atoms with Crippen LogP contribution in [-0.2, 0) is 5.41 Å². The summed E-state index contributed by atoms with van der Waals surface area (Å²) in [4.78, 5) is 10.7. The van der Waals surface area contributed by atoms with Gasteiger partial charge in [0.1, 0.15) is 0 Å². The first kappa shape index (κ1) is 32.6. The lowest BCUT2D eigenvalue weighted by Gasteiger charge is -2.41. The molecular formula is C55H35N3. The van der Waals surface area contributed by atoms with Crippen LogP contribution in [0.25, 0.3) is 82.9 Å². The second-order valence-corrected chi connectivity index (χ2v) is 15.3. The number of fused-ring (bicyclic) bond motifs is 8. The first-order valence-electron chi connectivity index (χ1n) is 19.9. The molecule has 0 spiro atoms. The van der Waals surface area contributed by atoms with Crippen molar-refractivity contribution in [3.63, 3.8) is 0 Å². The van der Waals surface area contributed by atoms with Crippen LogP contribution in [0.15, 0.2) is 212 Å². The quantitative estimate of drug-likeness (QED) is 0.165. The molecule has 2 aromatic heterocycles. The molecule has 3 heteroatoms. The molecule has 12 rings (SSSR count). The first-order valence-corrected chi connectivity index (χ1v) is 19.9. The first-order chi connectivity index (χ1) is 28.8. The standard InChI is InChI=1S/C55H35N3/c1-3-16-36(17-4-1)49-35-50(57-54(56-49)46-34-38-18-7-8-21-41(38)42-22-9-10-23-43(42)46)37-30-32-40(33-31-37)55(39-19-5-2-6-20-39)47-26-12-14-29-52(47)58-51-28-13-11-24-44(51)45-25-15-27-48(55)53(45)58/h1-35H. The number of hydrogen-bond acceptors (Lipinski definition) is 2. The maximum Gasteiger partial charge on any atom is 0.161 e. The third kappa shape index (κ3) is 4.68. The van der Waals surface area contributed by atoms with Gasteiger partial charge in [0.25, 0.3) is 0 Å². The van der Waals surface area contributed by atoms with E-state index in [9.17, 15) is 0 Å². The van der Waals surface area contributed by atoms with Crippen LogP contribution in [0.3, 0.4) is 0 Å². The van der Waals surface area contributed by atoms with Crippen LogP contribution in [0.5, 0.6) is 0 Å². The van der Waals surface area contributed by atoms with Crippen molar-refractivity contribution in [2.75, 3.05) is 0 Å². The largest absolute Gasteiger partial charge is 0.309 e. The van der Waals surface area contributed by atoms with Crippen molar-refractivity contribution in [3.05, 3.63) is 235 Å². The highest BCUT2D eigenvalue weighted by Gasteiger charge is 2.45. The number of rotatable bonds is 5. The molecule has 3 heterocycles. The molecule has 1 aliphatic rings. The fraction of sp³-hybridized carbons (Fsp3) is 0.0182. The Morgan fingerprint density at radius 2 is 0.948 bits per heavy atom. The van der Waals surface area contributed by atoms with Crippen LogP contribution < -0.4 is 0 Å². The Morgan fingerprint density at radius 3 is 1.74 bits per heavy atom. The summed E-state index contributed by atoms with van der Waals surface area (Å²) >= 11 is 0. The van der Waals surface area contributed by atoms with Gasteiger partial charge in [-0.1, -0.05) is 188 Å². The van der Waals surface area contributed by atoms with E-state index in [4.69, 9.17) is 9.97 Å². The van der Waals surface area contributed by atoms with Gasteiger partial charge in [-0.2, -0.15) is 0 Å².